The summed E-state index contributed by atoms with van der Waals surface area (Å²) in [7, 11) is 1.24. The van der Waals surface area contributed by atoms with Crippen molar-refractivity contribution >= 4 is 5.95 Å². The zero-order chi connectivity index (χ0) is 17.2. The predicted molar refractivity (Wildman–Crippen MR) is 69.2 cm³/mol. The number of aliphatic hydroxyl groups excluding tert-OH is 3. The molecule has 2 heterocycles. The van der Waals surface area contributed by atoms with E-state index in [9.17, 15) is 23.4 Å². The molecule has 1 aliphatic rings. The van der Waals surface area contributed by atoms with E-state index in [0.29, 0.717) is 6.07 Å². The smallest absolute Gasteiger partial charge is 0.394 e. The van der Waals surface area contributed by atoms with Gasteiger partial charge in [0.05, 0.1) is 6.61 Å². The average molecular weight is 339 g/mol. The Morgan fingerprint density at radius 1 is 1.35 bits per heavy atom. The first-order chi connectivity index (χ1) is 10.8. The highest BCUT2D eigenvalue weighted by atomic mass is 19.4. The van der Waals surface area contributed by atoms with Gasteiger partial charge in [0.1, 0.15) is 30.0 Å². The molecule has 2 rings (SSSR count). The summed E-state index contributed by atoms with van der Waals surface area (Å²) >= 11 is 0. The number of anilines is 1. The lowest BCUT2D eigenvalue weighted by Gasteiger charge is -2.41. The van der Waals surface area contributed by atoms with Gasteiger partial charge in [0.15, 0.2) is 6.29 Å². The van der Waals surface area contributed by atoms with Crippen molar-refractivity contribution in [3.8, 4) is 0 Å². The first-order valence-corrected chi connectivity index (χ1v) is 6.60. The van der Waals surface area contributed by atoms with Gasteiger partial charge in [0.2, 0.25) is 5.95 Å². The molecule has 0 aliphatic carbocycles. The zero-order valence-electron chi connectivity index (χ0n) is 11.9. The lowest BCUT2D eigenvalue weighted by atomic mass is 9.97. The summed E-state index contributed by atoms with van der Waals surface area (Å²) in [4.78, 5) is 6.94. The number of alkyl halides is 3. The molecule has 130 valence electrons. The third-order valence-electron chi connectivity index (χ3n) is 3.35. The number of aromatic nitrogens is 2. The molecule has 1 fully saturated rings. The third-order valence-corrected chi connectivity index (χ3v) is 3.35. The standard InChI is InChI=1S/C12H16F3N3O5/c1-22-10-7(9(21)8(20)5(4-19)23-10)18-11-16-3-2-6(17-11)12(13,14)15/h2-3,5,7-10,19-21H,4H2,1H3,(H,16,17,18)/t5-,7-,8+,9-,10+/m1/s1. The summed E-state index contributed by atoms with van der Waals surface area (Å²) in [6.45, 7) is -0.565. The average Bonchev–Trinajstić information content (AvgIpc) is 2.52. The maximum absolute atomic E-state index is 12.6. The fourth-order valence-corrected chi connectivity index (χ4v) is 2.17. The van der Waals surface area contributed by atoms with Gasteiger partial charge < -0.3 is 30.1 Å². The molecule has 1 aromatic heterocycles. The van der Waals surface area contributed by atoms with E-state index in [4.69, 9.17) is 14.6 Å². The Kier molecular flexibility index (Phi) is 5.37. The summed E-state index contributed by atoms with van der Waals surface area (Å²) in [6.07, 6.45) is -8.91. The van der Waals surface area contributed by atoms with E-state index < -0.39 is 55.1 Å². The van der Waals surface area contributed by atoms with E-state index in [1.165, 1.54) is 7.11 Å². The van der Waals surface area contributed by atoms with Crippen molar-refractivity contribution in [3.63, 3.8) is 0 Å². The van der Waals surface area contributed by atoms with Crippen LogP contribution in [0.2, 0.25) is 0 Å². The molecule has 0 amide bonds. The van der Waals surface area contributed by atoms with Gasteiger partial charge in [-0.25, -0.2) is 9.97 Å². The molecular formula is C12H16F3N3O5. The third kappa shape index (κ3) is 3.87. The van der Waals surface area contributed by atoms with Gasteiger partial charge in [-0.3, -0.25) is 0 Å². The monoisotopic (exact) mass is 339 g/mol. The van der Waals surface area contributed by atoms with Gasteiger partial charge in [-0.1, -0.05) is 0 Å². The zero-order valence-corrected chi connectivity index (χ0v) is 11.9. The number of halogens is 3. The van der Waals surface area contributed by atoms with E-state index in [2.05, 4.69) is 15.3 Å². The molecule has 1 aliphatic heterocycles. The maximum atomic E-state index is 12.6. The number of hydrogen-bond acceptors (Lipinski definition) is 8. The summed E-state index contributed by atoms with van der Waals surface area (Å²) < 4.78 is 48.1. The molecule has 1 saturated heterocycles. The highest BCUT2D eigenvalue weighted by Gasteiger charge is 2.45. The summed E-state index contributed by atoms with van der Waals surface area (Å²) in [5.41, 5.74) is -1.16. The molecular weight excluding hydrogens is 323 g/mol. The number of hydrogen-bond donors (Lipinski definition) is 4. The van der Waals surface area contributed by atoms with Crippen LogP contribution in [0, 0.1) is 0 Å². The molecule has 0 radical (unpaired) electrons. The van der Waals surface area contributed by atoms with Crippen molar-refractivity contribution < 1.29 is 38.0 Å². The Labute approximate surface area is 128 Å². The van der Waals surface area contributed by atoms with Crippen molar-refractivity contribution in [1.82, 2.24) is 9.97 Å². The Balaban J connectivity index is 2.20. The van der Waals surface area contributed by atoms with Crippen LogP contribution in [0.25, 0.3) is 0 Å². The summed E-state index contributed by atoms with van der Waals surface area (Å²) in [5, 5.41) is 31.4. The first-order valence-electron chi connectivity index (χ1n) is 6.60. The van der Waals surface area contributed by atoms with E-state index >= 15 is 0 Å². The minimum Gasteiger partial charge on any atom is -0.394 e. The molecule has 5 atom stereocenters. The summed E-state index contributed by atoms with van der Waals surface area (Å²) in [6, 6.07) is -0.440. The summed E-state index contributed by atoms with van der Waals surface area (Å²) in [5.74, 6) is -0.413. The second-order valence-electron chi connectivity index (χ2n) is 4.88. The van der Waals surface area contributed by atoms with E-state index in [1.54, 1.807) is 0 Å². The molecule has 23 heavy (non-hydrogen) atoms. The van der Waals surface area contributed by atoms with Gasteiger partial charge in [0.25, 0.3) is 0 Å². The SMILES string of the molecule is CO[C@H]1O[C@H](CO)[C@H](O)[C@H](O)[C@H]1Nc1nccc(C(F)(F)F)n1. The molecule has 0 unspecified atom stereocenters. The van der Waals surface area contributed by atoms with Crippen LogP contribution >= 0.6 is 0 Å². The number of ether oxygens (including phenoxy) is 2. The molecule has 8 nitrogen and oxygen atoms in total. The van der Waals surface area contributed by atoms with Crippen LogP contribution in [0.4, 0.5) is 19.1 Å². The number of rotatable bonds is 4. The Morgan fingerprint density at radius 3 is 2.61 bits per heavy atom. The van der Waals surface area contributed by atoms with Gasteiger partial charge in [-0.15, -0.1) is 0 Å². The van der Waals surface area contributed by atoms with Crippen LogP contribution < -0.4 is 5.32 Å². The molecule has 0 bridgehead atoms. The minimum absolute atomic E-state index is 0.413. The normalized spacial score (nSPS) is 31.9. The number of nitrogens with zero attached hydrogens (tertiary/aromatic N) is 2. The van der Waals surface area contributed by atoms with Crippen LogP contribution in [0.15, 0.2) is 12.3 Å². The highest BCUT2D eigenvalue weighted by molar-refractivity contribution is 5.29. The molecule has 11 heteroatoms. The molecule has 4 N–H and O–H groups in total. The van der Waals surface area contributed by atoms with Crippen molar-refractivity contribution in [1.29, 1.82) is 0 Å². The second-order valence-corrected chi connectivity index (χ2v) is 4.88. The molecule has 0 saturated carbocycles. The lowest BCUT2D eigenvalue weighted by Crippen LogP contribution is -2.61. The second kappa shape index (κ2) is 6.93. The van der Waals surface area contributed by atoms with Crippen molar-refractivity contribution in [2.24, 2.45) is 0 Å². The first kappa shape index (κ1) is 17.8. The van der Waals surface area contributed by atoms with Gasteiger partial charge >= 0.3 is 6.18 Å². The molecule has 1 aromatic rings. The van der Waals surface area contributed by atoms with Gasteiger partial charge in [0, 0.05) is 13.3 Å². The van der Waals surface area contributed by atoms with Crippen molar-refractivity contribution in [3.05, 3.63) is 18.0 Å². The van der Waals surface area contributed by atoms with Crippen molar-refractivity contribution in [2.45, 2.75) is 36.8 Å². The minimum atomic E-state index is -4.65. The number of aliphatic hydroxyl groups is 3. The van der Waals surface area contributed by atoms with E-state index in [-0.39, 0.29) is 0 Å². The Bertz CT molecular complexity index is 531. The van der Waals surface area contributed by atoms with Crippen LogP contribution in [0.3, 0.4) is 0 Å². The van der Waals surface area contributed by atoms with Crippen LogP contribution in [-0.2, 0) is 15.7 Å². The number of methoxy groups -OCH3 is 1. The topological polar surface area (TPSA) is 117 Å². The number of nitrogens with one attached hydrogen (secondary N) is 1. The fourth-order valence-electron chi connectivity index (χ4n) is 2.17. The maximum Gasteiger partial charge on any atom is 0.433 e. The Morgan fingerprint density at radius 2 is 2.04 bits per heavy atom. The van der Waals surface area contributed by atoms with E-state index in [1.807, 2.05) is 0 Å². The fraction of sp³-hybridized carbons (Fsp3) is 0.667. The lowest BCUT2D eigenvalue weighted by molar-refractivity contribution is -0.254. The quantitative estimate of drug-likeness (QED) is 0.572. The van der Waals surface area contributed by atoms with Crippen LogP contribution in [-0.4, -0.2) is 69.6 Å². The largest absolute Gasteiger partial charge is 0.433 e. The van der Waals surface area contributed by atoms with E-state index in [0.717, 1.165) is 6.20 Å². The van der Waals surface area contributed by atoms with Crippen LogP contribution in [0.1, 0.15) is 5.69 Å². The van der Waals surface area contributed by atoms with Gasteiger partial charge in [-0.05, 0) is 6.07 Å². The highest BCUT2D eigenvalue weighted by Crippen LogP contribution is 2.28. The Hall–Kier alpha value is -1.53. The predicted octanol–water partition coefficient (Wildman–Crippen LogP) is -0.639. The van der Waals surface area contributed by atoms with Crippen molar-refractivity contribution in [2.75, 3.05) is 19.0 Å². The van der Waals surface area contributed by atoms with Gasteiger partial charge in [-0.2, -0.15) is 13.2 Å². The molecule has 0 spiro atoms. The van der Waals surface area contributed by atoms with Crippen LogP contribution in [0.5, 0.6) is 0 Å². The molecule has 0 aromatic carbocycles.